The van der Waals surface area contributed by atoms with Gasteiger partial charge in [0, 0.05) is 19.4 Å². The highest BCUT2D eigenvalue weighted by molar-refractivity contribution is 6.32. The van der Waals surface area contributed by atoms with Gasteiger partial charge in [0.25, 0.3) is 5.91 Å². The van der Waals surface area contributed by atoms with Crippen LogP contribution in [0.1, 0.15) is 34.1 Å². The maximum Gasteiger partial charge on any atom is 0.256 e. The van der Waals surface area contributed by atoms with E-state index in [0.717, 1.165) is 0 Å². The molecule has 23 heavy (non-hydrogen) atoms. The topological polar surface area (TPSA) is 56.8 Å². The molecule has 0 saturated heterocycles. The molecule has 0 bridgehead atoms. The first kappa shape index (κ1) is 19.7. The third kappa shape index (κ3) is 5.68. The Hall–Kier alpha value is -1.30. The van der Waals surface area contributed by atoms with Crippen LogP contribution in [0.25, 0.3) is 0 Å². The number of nitrogens with one attached hydrogen (secondary N) is 1. The molecule has 0 radical (unpaired) electrons. The molecular weight excluding hydrogens is 318 g/mol. The monoisotopic (exact) mass is 343 g/mol. The largest absolute Gasteiger partial charge is 0.487 e. The van der Waals surface area contributed by atoms with Crippen molar-refractivity contribution in [3.63, 3.8) is 0 Å². The number of halogens is 1. The molecule has 1 aromatic rings. The van der Waals surface area contributed by atoms with Crippen LogP contribution in [0.2, 0.25) is 5.02 Å². The van der Waals surface area contributed by atoms with Gasteiger partial charge in [0.1, 0.15) is 17.5 Å². The SMILES string of the molecule is CCO[C@](C)(CC)C(=O)Nc1ccc(O[C@@H](C)COC)c(Cl)c1. The van der Waals surface area contributed by atoms with E-state index in [4.69, 9.17) is 25.8 Å². The number of rotatable bonds is 9. The summed E-state index contributed by atoms with van der Waals surface area (Å²) >= 11 is 6.22. The second-order valence-corrected chi connectivity index (χ2v) is 5.91. The van der Waals surface area contributed by atoms with E-state index < -0.39 is 5.60 Å². The lowest BCUT2D eigenvalue weighted by Gasteiger charge is -2.26. The summed E-state index contributed by atoms with van der Waals surface area (Å²) < 4.78 is 16.3. The number of hydrogen-bond donors (Lipinski definition) is 1. The lowest BCUT2D eigenvalue weighted by Crippen LogP contribution is -2.42. The van der Waals surface area contributed by atoms with Crippen molar-refractivity contribution in [2.24, 2.45) is 0 Å². The molecule has 1 amide bonds. The van der Waals surface area contributed by atoms with E-state index in [0.29, 0.717) is 36.1 Å². The standard InChI is InChI=1S/C17H26ClNO4/c1-6-17(4,22-7-2)16(20)19-13-8-9-15(14(18)10-13)23-12(3)11-21-5/h8-10,12H,6-7,11H2,1-5H3,(H,19,20)/t12-,17+/m0/s1. The van der Waals surface area contributed by atoms with Crippen molar-refractivity contribution in [2.75, 3.05) is 25.6 Å². The predicted molar refractivity (Wildman–Crippen MR) is 92.4 cm³/mol. The Balaban J connectivity index is 2.79. The Morgan fingerprint density at radius 1 is 1.39 bits per heavy atom. The number of benzene rings is 1. The van der Waals surface area contributed by atoms with Crippen LogP contribution in [-0.4, -0.2) is 37.9 Å². The average Bonchev–Trinajstić information content (AvgIpc) is 2.50. The van der Waals surface area contributed by atoms with Crippen LogP contribution < -0.4 is 10.1 Å². The molecule has 0 fully saturated rings. The second-order valence-electron chi connectivity index (χ2n) is 5.50. The lowest BCUT2D eigenvalue weighted by atomic mass is 10.0. The third-order valence-electron chi connectivity index (χ3n) is 3.54. The fourth-order valence-corrected chi connectivity index (χ4v) is 2.29. The van der Waals surface area contributed by atoms with Gasteiger partial charge in [-0.3, -0.25) is 4.79 Å². The third-order valence-corrected chi connectivity index (χ3v) is 3.83. The zero-order valence-electron chi connectivity index (χ0n) is 14.4. The molecule has 2 atom stereocenters. The highest BCUT2D eigenvalue weighted by Gasteiger charge is 2.31. The van der Waals surface area contributed by atoms with E-state index in [1.807, 2.05) is 20.8 Å². The zero-order valence-corrected chi connectivity index (χ0v) is 15.2. The Morgan fingerprint density at radius 2 is 2.09 bits per heavy atom. The summed E-state index contributed by atoms with van der Waals surface area (Å²) in [6.07, 6.45) is 0.468. The van der Waals surface area contributed by atoms with Crippen molar-refractivity contribution in [2.45, 2.75) is 45.8 Å². The number of amides is 1. The molecule has 1 rings (SSSR count). The van der Waals surface area contributed by atoms with Crippen molar-refractivity contribution in [3.8, 4) is 5.75 Å². The van der Waals surface area contributed by atoms with Crippen molar-refractivity contribution >= 4 is 23.2 Å². The van der Waals surface area contributed by atoms with Crippen molar-refractivity contribution in [3.05, 3.63) is 23.2 Å². The summed E-state index contributed by atoms with van der Waals surface area (Å²) in [5, 5.41) is 3.27. The first-order valence-corrected chi connectivity index (χ1v) is 8.14. The number of hydrogen-bond acceptors (Lipinski definition) is 4. The maximum absolute atomic E-state index is 12.4. The molecule has 0 heterocycles. The molecule has 0 unspecified atom stereocenters. The number of carbonyl (C=O) groups excluding carboxylic acids is 1. The molecule has 5 nitrogen and oxygen atoms in total. The molecular formula is C17H26ClNO4. The van der Waals surface area contributed by atoms with Gasteiger partial charge in [0.15, 0.2) is 0 Å². The number of carbonyl (C=O) groups is 1. The molecule has 0 aliphatic rings. The van der Waals surface area contributed by atoms with Crippen LogP contribution in [0.15, 0.2) is 18.2 Å². The normalized spacial score (nSPS) is 14.9. The number of anilines is 1. The van der Waals surface area contributed by atoms with Crippen molar-refractivity contribution in [1.82, 2.24) is 0 Å². The predicted octanol–water partition coefficient (Wildman–Crippen LogP) is 3.90. The van der Waals surface area contributed by atoms with E-state index in [9.17, 15) is 4.79 Å². The average molecular weight is 344 g/mol. The molecule has 0 saturated carbocycles. The van der Waals surface area contributed by atoms with Crippen LogP contribution >= 0.6 is 11.6 Å². The summed E-state index contributed by atoms with van der Waals surface area (Å²) in [5.74, 6) is 0.358. The maximum atomic E-state index is 12.4. The molecule has 1 aromatic carbocycles. The van der Waals surface area contributed by atoms with Gasteiger partial charge in [0.2, 0.25) is 0 Å². The molecule has 6 heteroatoms. The molecule has 0 aromatic heterocycles. The minimum absolute atomic E-state index is 0.112. The van der Waals surface area contributed by atoms with Gasteiger partial charge in [0.05, 0.1) is 11.6 Å². The number of methoxy groups -OCH3 is 1. The number of ether oxygens (including phenoxy) is 3. The van der Waals surface area contributed by atoms with Crippen LogP contribution in [0, 0.1) is 0 Å². The van der Waals surface area contributed by atoms with E-state index in [1.165, 1.54) is 0 Å². The summed E-state index contributed by atoms with van der Waals surface area (Å²) in [4.78, 5) is 12.4. The quantitative estimate of drug-likeness (QED) is 0.738. The summed E-state index contributed by atoms with van der Waals surface area (Å²) in [5.41, 5.74) is -0.255. The van der Waals surface area contributed by atoms with Crippen molar-refractivity contribution < 1.29 is 19.0 Å². The van der Waals surface area contributed by atoms with E-state index >= 15 is 0 Å². The van der Waals surface area contributed by atoms with Crippen LogP contribution in [0.5, 0.6) is 5.75 Å². The minimum Gasteiger partial charge on any atom is -0.487 e. The molecule has 0 aliphatic carbocycles. The van der Waals surface area contributed by atoms with Gasteiger partial charge in [-0.25, -0.2) is 0 Å². The van der Waals surface area contributed by atoms with Crippen LogP contribution in [-0.2, 0) is 14.3 Å². The van der Waals surface area contributed by atoms with Crippen LogP contribution in [0.4, 0.5) is 5.69 Å². The zero-order chi connectivity index (χ0) is 17.5. The summed E-state index contributed by atoms with van der Waals surface area (Å²) in [7, 11) is 1.61. The smallest absolute Gasteiger partial charge is 0.256 e. The summed E-state index contributed by atoms with van der Waals surface area (Å²) in [6.45, 7) is 8.39. The highest BCUT2D eigenvalue weighted by atomic mass is 35.5. The second kappa shape index (κ2) is 9.11. The Bertz CT molecular complexity index is 523. The highest BCUT2D eigenvalue weighted by Crippen LogP contribution is 2.29. The Kier molecular flexibility index (Phi) is 7.82. The molecule has 0 aliphatic heterocycles. The van der Waals surface area contributed by atoms with E-state index in [-0.39, 0.29) is 12.0 Å². The Labute approximate surface area is 143 Å². The molecule has 1 N–H and O–H groups in total. The van der Waals surface area contributed by atoms with Crippen molar-refractivity contribution in [1.29, 1.82) is 0 Å². The first-order valence-electron chi connectivity index (χ1n) is 7.76. The van der Waals surface area contributed by atoms with Gasteiger partial charge in [-0.1, -0.05) is 18.5 Å². The first-order chi connectivity index (χ1) is 10.9. The lowest BCUT2D eigenvalue weighted by molar-refractivity contribution is -0.139. The fourth-order valence-electron chi connectivity index (χ4n) is 2.07. The molecule has 0 spiro atoms. The minimum atomic E-state index is -0.858. The van der Waals surface area contributed by atoms with Gasteiger partial charge < -0.3 is 19.5 Å². The van der Waals surface area contributed by atoms with Gasteiger partial charge in [-0.05, 0) is 45.4 Å². The fraction of sp³-hybridized carbons (Fsp3) is 0.588. The summed E-state index contributed by atoms with van der Waals surface area (Å²) in [6, 6.07) is 5.14. The van der Waals surface area contributed by atoms with Gasteiger partial charge in [-0.2, -0.15) is 0 Å². The van der Waals surface area contributed by atoms with Gasteiger partial charge >= 0.3 is 0 Å². The van der Waals surface area contributed by atoms with E-state index in [1.54, 1.807) is 32.2 Å². The van der Waals surface area contributed by atoms with Gasteiger partial charge in [-0.15, -0.1) is 0 Å². The molecule has 130 valence electrons. The Morgan fingerprint density at radius 3 is 2.61 bits per heavy atom. The van der Waals surface area contributed by atoms with Crippen LogP contribution in [0.3, 0.4) is 0 Å². The van der Waals surface area contributed by atoms with E-state index in [2.05, 4.69) is 5.32 Å².